The molecule has 3 aliphatic rings. The van der Waals surface area contributed by atoms with Gasteiger partial charge in [-0.3, -0.25) is 4.90 Å². The Kier molecular flexibility index (Phi) is 3.65. The Bertz CT molecular complexity index is 294. The lowest BCUT2D eigenvalue weighted by Gasteiger charge is -2.42. The van der Waals surface area contributed by atoms with Gasteiger partial charge in [0.05, 0.1) is 12.2 Å². The van der Waals surface area contributed by atoms with Crippen molar-refractivity contribution < 1.29 is 4.74 Å². The first-order chi connectivity index (χ1) is 8.63. The first-order valence-electron chi connectivity index (χ1n) is 7.76. The summed E-state index contributed by atoms with van der Waals surface area (Å²) < 4.78 is 5.99. The van der Waals surface area contributed by atoms with Crippen molar-refractivity contribution >= 4 is 0 Å². The van der Waals surface area contributed by atoms with Gasteiger partial charge in [-0.15, -0.1) is 0 Å². The summed E-state index contributed by atoms with van der Waals surface area (Å²) in [5, 5.41) is 3.68. The highest BCUT2D eigenvalue weighted by Crippen LogP contribution is 2.39. The van der Waals surface area contributed by atoms with E-state index in [2.05, 4.69) is 31.0 Å². The molecule has 0 amide bonds. The fraction of sp³-hybridized carbons (Fsp3) is 1.00. The Morgan fingerprint density at radius 2 is 2.17 bits per heavy atom. The van der Waals surface area contributed by atoms with Crippen LogP contribution in [0.5, 0.6) is 0 Å². The second-order valence-corrected chi connectivity index (χ2v) is 6.93. The van der Waals surface area contributed by atoms with E-state index in [9.17, 15) is 0 Å². The van der Waals surface area contributed by atoms with Crippen LogP contribution in [0.3, 0.4) is 0 Å². The molecule has 5 unspecified atom stereocenters. The lowest BCUT2D eigenvalue weighted by Crippen LogP contribution is -2.58. The minimum atomic E-state index is 0.578. The first kappa shape index (κ1) is 12.9. The zero-order valence-corrected chi connectivity index (χ0v) is 12.1. The molecule has 3 heteroatoms. The molecule has 0 spiro atoms. The van der Waals surface area contributed by atoms with Crippen LogP contribution in [0.2, 0.25) is 0 Å². The van der Waals surface area contributed by atoms with Crippen LogP contribution in [0.25, 0.3) is 0 Å². The highest BCUT2D eigenvalue weighted by Gasteiger charge is 2.42. The molecule has 0 radical (unpaired) electrons. The molecule has 5 atom stereocenters. The molecule has 0 aromatic rings. The maximum atomic E-state index is 5.99. The largest absolute Gasteiger partial charge is 0.375 e. The summed E-state index contributed by atoms with van der Waals surface area (Å²) in [5.41, 5.74) is 0. The zero-order valence-electron chi connectivity index (χ0n) is 12.1. The molecule has 3 nitrogen and oxygen atoms in total. The fourth-order valence-electron chi connectivity index (χ4n) is 3.89. The third-order valence-electron chi connectivity index (χ3n) is 5.24. The quantitative estimate of drug-likeness (QED) is 0.830. The Morgan fingerprint density at radius 3 is 2.78 bits per heavy atom. The third-order valence-corrected chi connectivity index (χ3v) is 5.24. The number of rotatable bonds is 3. The summed E-state index contributed by atoms with van der Waals surface area (Å²) in [6, 6.07) is 1.35. The summed E-state index contributed by atoms with van der Waals surface area (Å²) >= 11 is 0. The van der Waals surface area contributed by atoms with E-state index >= 15 is 0 Å². The minimum Gasteiger partial charge on any atom is -0.375 e. The number of nitrogens with one attached hydrogen (secondary N) is 1. The molecule has 0 aliphatic carbocycles. The molecule has 2 bridgehead atoms. The number of ether oxygens (including phenoxy) is 1. The van der Waals surface area contributed by atoms with Gasteiger partial charge in [0.2, 0.25) is 0 Å². The van der Waals surface area contributed by atoms with Crippen LogP contribution in [-0.4, -0.2) is 48.8 Å². The summed E-state index contributed by atoms with van der Waals surface area (Å²) in [6.45, 7) is 10.6. The molecule has 104 valence electrons. The average Bonchev–Trinajstić information content (AvgIpc) is 2.93. The van der Waals surface area contributed by atoms with E-state index in [4.69, 9.17) is 4.74 Å². The molecule has 3 saturated heterocycles. The van der Waals surface area contributed by atoms with Crippen molar-refractivity contribution in [3.8, 4) is 0 Å². The van der Waals surface area contributed by atoms with Gasteiger partial charge in [-0.2, -0.15) is 0 Å². The SMILES string of the molecule is CC(C)C1CN(CC2CC3CCC2O3)C(C)CN1. The van der Waals surface area contributed by atoms with Gasteiger partial charge >= 0.3 is 0 Å². The molecule has 0 saturated carbocycles. The monoisotopic (exact) mass is 252 g/mol. The zero-order chi connectivity index (χ0) is 12.7. The average molecular weight is 252 g/mol. The molecule has 0 aromatic heterocycles. The smallest absolute Gasteiger partial charge is 0.0621 e. The Balaban J connectivity index is 1.57. The minimum absolute atomic E-state index is 0.578. The van der Waals surface area contributed by atoms with Gasteiger partial charge in [-0.05, 0) is 32.1 Å². The number of hydrogen-bond acceptors (Lipinski definition) is 3. The van der Waals surface area contributed by atoms with Crippen molar-refractivity contribution in [1.82, 2.24) is 10.2 Å². The van der Waals surface area contributed by atoms with Crippen LogP contribution in [-0.2, 0) is 4.74 Å². The number of fused-ring (bicyclic) bond motifs is 2. The number of piperazine rings is 1. The van der Waals surface area contributed by atoms with Crippen molar-refractivity contribution in [2.24, 2.45) is 11.8 Å². The molecule has 0 aromatic carbocycles. The van der Waals surface area contributed by atoms with E-state index in [0.717, 1.165) is 18.4 Å². The predicted octanol–water partition coefficient (Wildman–Crippen LogP) is 1.87. The molecular formula is C15H28N2O. The predicted molar refractivity (Wildman–Crippen MR) is 73.7 cm³/mol. The van der Waals surface area contributed by atoms with Gasteiger partial charge < -0.3 is 10.1 Å². The van der Waals surface area contributed by atoms with Gasteiger partial charge in [0.25, 0.3) is 0 Å². The Labute approximate surface area is 111 Å². The molecule has 18 heavy (non-hydrogen) atoms. The second-order valence-electron chi connectivity index (χ2n) is 6.93. The summed E-state index contributed by atoms with van der Waals surface area (Å²) in [6.07, 6.45) is 5.11. The van der Waals surface area contributed by atoms with Gasteiger partial charge in [0.15, 0.2) is 0 Å². The number of hydrogen-bond donors (Lipinski definition) is 1. The van der Waals surface area contributed by atoms with Crippen molar-refractivity contribution in [3.63, 3.8) is 0 Å². The summed E-state index contributed by atoms with van der Waals surface area (Å²) in [7, 11) is 0. The third kappa shape index (κ3) is 2.45. The van der Waals surface area contributed by atoms with Crippen molar-refractivity contribution in [2.75, 3.05) is 19.6 Å². The summed E-state index contributed by atoms with van der Waals surface area (Å²) in [5.74, 6) is 1.54. The van der Waals surface area contributed by atoms with Crippen LogP contribution in [0.15, 0.2) is 0 Å². The van der Waals surface area contributed by atoms with E-state index in [1.54, 1.807) is 0 Å². The maximum absolute atomic E-state index is 5.99. The molecule has 1 N–H and O–H groups in total. The van der Waals surface area contributed by atoms with Crippen LogP contribution < -0.4 is 5.32 Å². The van der Waals surface area contributed by atoms with Gasteiger partial charge in [-0.25, -0.2) is 0 Å². The lowest BCUT2D eigenvalue weighted by molar-refractivity contribution is 0.0640. The lowest BCUT2D eigenvalue weighted by atomic mass is 9.88. The van der Waals surface area contributed by atoms with Gasteiger partial charge in [0, 0.05) is 37.6 Å². The Morgan fingerprint density at radius 1 is 1.33 bits per heavy atom. The van der Waals surface area contributed by atoms with Crippen molar-refractivity contribution in [1.29, 1.82) is 0 Å². The van der Waals surface area contributed by atoms with Crippen LogP contribution in [0.4, 0.5) is 0 Å². The van der Waals surface area contributed by atoms with Gasteiger partial charge in [-0.1, -0.05) is 13.8 Å². The highest BCUT2D eigenvalue weighted by atomic mass is 16.5. The van der Waals surface area contributed by atoms with Crippen molar-refractivity contribution in [2.45, 2.75) is 64.3 Å². The van der Waals surface area contributed by atoms with E-state index in [0.29, 0.717) is 24.3 Å². The van der Waals surface area contributed by atoms with Gasteiger partial charge in [0.1, 0.15) is 0 Å². The van der Waals surface area contributed by atoms with Crippen LogP contribution in [0.1, 0.15) is 40.0 Å². The van der Waals surface area contributed by atoms with E-state index in [-0.39, 0.29) is 0 Å². The molecule has 3 aliphatic heterocycles. The fourth-order valence-corrected chi connectivity index (χ4v) is 3.89. The van der Waals surface area contributed by atoms with Crippen LogP contribution >= 0.6 is 0 Å². The van der Waals surface area contributed by atoms with Crippen molar-refractivity contribution in [3.05, 3.63) is 0 Å². The molecule has 3 rings (SSSR count). The Hall–Kier alpha value is -0.120. The van der Waals surface area contributed by atoms with E-state index < -0.39 is 0 Å². The number of nitrogens with zero attached hydrogens (tertiary/aromatic N) is 1. The van der Waals surface area contributed by atoms with E-state index in [1.807, 2.05) is 0 Å². The molecule has 3 fully saturated rings. The first-order valence-corrected chi connectivity index (χ1v) is 7.76. The second kappa shape index (κ2) is 5.10. The molecular weight excluding hydrogens is 224 g/mol. The summed E-state index contributed by atoms with van der Waals surface area (Å²) in [4.78, 5) is 2.70. The van der Waals surface area contributed by atoms with E-state index in [1.165, 1.54) is 32.4 Å². The highest BCUT2D eigenvalue weighted by molar-refractivity contribution is 4.93. The molecule has 3 heterocycles. The normalized spacial score (nSPS) is 45.0. The topological polar surface area (TPSA) is 24.5 Å². The maximum Gasteiger partial charge on any atom is 0.0621 e. The van der Waals surface area contributed by atoms with Crippen LogP contribution in [0, 0.1) is 11.8 Å². The standard InChI is InChI=1S/C15H28N2O/c1-10(2)14-9-17(11(3)7-16-14)8-12-6-13-4-5-15(12)18-13/h10-16H,4-9H2,1-3H3.